The van der Waals surface area contributed by atoms with Crippen LogP contribution in [0.5, 0.6) is 0 Å². The van der Waals surface area contributed by atoms with Gasteiger partial charge in [-0.1, -0.05) is 12.8 Å². The summed E-state index contributed by atoms with van der Waals surface area (Å²) < 4.78 is 10.1. The minimum atomic E-state index is -0.499. The van der Waals surface area contributed by atoms with Gasteiger partial charge in [-0.2, -0.15) is 4.98 Å². The van der Waals surface area contributed by atoms with Gasteiger partial charge in [0.15, 0.2) is 0 Å². The Labute approximate surface area is 247 Å². The lowest BCUT2D eigenvalue weighted by atomic mass is 10.1. The number of ether oxygens (including phenoxy) is 1. The largest absolute Gasteiger partial charge is 0.444 e. The molecule has 4 aromatic rings. The molecule has 2 fully saturated rings. The first-order valence-corrected chi connectivity index (χ1v) is 15.1. The van der Waals surface area contributed by atoms with E-state index in [0.717, 1.165) is 53.2 Å². The maximum Gasteiger partial charge on any atom is 0.410 e. The van der Waals surface area contributed by atoms with Crippen molar-refractivity contribution in [1.29, 1.82) is 0 Å². The molecule has 10 nitrogen and oxygen atoms in total. The van der Waals surface area contributed by atoms with Crippen molar-refractivity contribution in [2.75, 3.05) is 36.5 Å². The van der Waals surface area contributed by atoms with Gasteiger partial charge in [0.1, 0.15) is 11.2 Å². The van der Waals surface area contributed by atoms with Gasteiger partial charge in [0.25, 0.3) is 5.56 Å². The predicted molar refractivity (Wildman–Crippen MR) is 165 cm³/mol. The van der Waals surface area contributed by atoms with Gasteiger partial charge in [-0.25, -0.2) is 9.78 Å². The number of carbonyl (C=O) groups is 1. The number of anilines is 2. The quantitative estimate of drug-likeness (QED) is 0.304. The fourth-order valence-electron chi connectivity index (χ4n) is 5.86. The number of aryl methyl sites for hydroxylation is 1. The molecular weight excluding hydrogens is 586 g/mol. The van der Waals surface area contributed by atoms with Crippen LogP contribution < -0.4 is 15.9 Å². The lowest BCUT2D eigenvalue weighted by Crippen LogP contribution is -2.53. The number of amides is 1. The summed E-state index contributed by atoms with van der Waals surface area (Å²) in [6.07, 6.45) is 7.83. The molecule has 1 amide bonds. The van der Waals surface area contributed by atoms with Gasteiger partial charge < -0.3 is 20.0 Å². The van der Waals surface area contributed by atoms with Crippen molar-refractivity contribution in [2.45, 2.75) is 65.0 Å². The molecule has 1 aliphatic heterocycles. The van der Waals surface area contributed by atoms with Crippen LogP contribution in [0.2, 0.25) is 0 Å². The molecule has 4 heterocycles. The molecule has 0 spiro atoms. The minimum absolute atomic E-state index is 0.0266. The van der Waals surface area contributed by atoms with Crippen LogP contribution in [0.1, 0.15) is 58.1 Å². The Balaban J connectivity index is 1.22. The van der Waals surface area contributed by atoms with E-state index in [1.165, 1.54) is 0 Å². The average Bonchev–Trinajstić information content (AvgIpc) is 3.61. The molecule has 11 heteroatoms. The summed E-state index contributed by atoms with van der Waals surface area (Å²) in [6, 6.07) is 8.41. The van der Waals surface area contributed by atoms with Crippen molar-refractivity contribution in [1.82, 2.24) is 24.1 Å². The molecular formula is C30H36BrN7O3. The third-order valence-electron chi connectivity index (χ3n) is 7.96. The number of nitrogens with zero attached hydrogens (tertiary/aromatic N) is 6. The number of piperazine rings is 1. The number of halogens is 1. The van der Waals surface area contributed by atoms with Crippen LogP contribution in [0.15, 0.2) is 45.9 Å². The average molecular weight is 623 g/mol. The summed E-state index contributed by atoms with van der Waals surface area (Å²) in [4.78, 5) is 36.9. The van der Waals surface area contributed by atoms with Gasteiger partial charge in [0.05, 0.1) is 23.1 Å². The van der Waals surface area contributed by atoms with Crippen molar-refractivity contribution < 1.29 is 9.53 Å². The Morgan fingerprint density at radius 1 is 1.10 bits per heavy atom. The molecule has 6 rings (SSSR count). The van der Waals surface area contributed by atoms with E-state index in [1.54, 1.807) is 4.90 Å². The Kier molecular flexibility index (Phi) is 7.17. The molecule has 0 bridgehead atoms. The number of carbonyl (C=O) groups excluding carboxylic acids is 1. The summed E-state index contributed by atoms with van der Waals surface area (Å²) in [5, 5.41) is 7.56. The summed E-state index contributed by atoms with van der Waals surface area (Å²) in [6.45, 7) is 10.2. The van der Waals surface area contributed by atoms with Crippen molar-refractivity contribution >= 4 is 55.6 Å². The molecule has 0 radical (unpaired) electrons. The number of pyridine rings is 1. The highest BCUT2D eigenvalue weighted by Gasteiger charge is 2.27. The van der Waals surface area contributed by atoms with E-state index >= 15 is 0 Å². The number of aromatic nitrogens is 4. The van der Waals surface area contributed by atoms with Crippen LogP contribution in [-0.4, -0.2) is 62.0 Å². The van der Waals surface area contributed by atoms with Crippen molar-refractivity contribution in [3.05, 3.63) is 57.0 Å². The van der Waals surface area contributed by atoms with Gasteiger partial charge in [-0.15, -0.1) is 0 Å². The van der Waals surface area contributed by atoms with Crippen molar-refractivity contribution in [2.24, 2.45) is 0 Å². The SMILES string of the molecule is Cc1c(Br)c(=O)n(C2CCCC2)c2nc(Nc3ccc4c(ccn4N4CCN(C(=O)OC(C)(C)C)CC4)c3)ncc12. The smallest absolute Gasteiger partial charge is 0.410 e. The maximum atomic E-state index is 13.2. The standard InChI is InChI=1S/C30H36BrN7O3/c1-19-23-18-32-28(34-26(23)38(27(39)25(19)31)22-7-5-6-8-22)33-21-9-10-24-20(17-21)11-12-37(24)36-15-13-35(14-16-36)29(40)41-30(2,3)4/h9-12,17-18,22H,5-8,13-16H2,1-4H3,(H,32,33,34). The molecule has 0 unspecified atom stereocenters. The highest BCUT2D eigenvalue weighted by atomic mass is 79.9. The Bertz CT molecular complexity index is 1680. The summed E-state index contributed by atoms with van der Waals surface area (Å²) in [7, 11) is 0. The molecule has 1 aromatic carbocycles. The lowest BCUT2D eigenvalue weighted by Gasteiger charge is -2.37. The van der Waals surface area contributed by atoms with Crippen molar-refractivity contribution in [3.8, 4) is 0 Å². The topological polar surface area (TPSA) is 97.5 Å². The van der Waals surface area contributed by atoms with Crippen LogP contribution in [0.3, 0.4) is 0 Å². The van der Waals surface area contributed by atoms with Crippen LogP contribution in [0.25, 0.3) is 21.9 Å². The first-order chi connectivity index (χ1) is 19.6. The number of hydrogen-bond donors (Lipinski definition) is 1. The Morgan fingerprint density at radius 3 is 2.54 bits per heavy atom. The third kappa shape index (κ3) is 5.39. The zero-order valence-electron chi connectivity index (χ0n) is 24.0. The minimum Gasteiger partial charge on any atom is -0.444 e. The van der Waals surface area contributed by atoms with Crippen LogP contribution in [-0.2, 0) is 4.74 Å². The lowest BCUT2D eigenvalue weighted by molar-refractivity contribution is 0.0233. The first kappa shape index (κ1) is 27.6. The normalized spacial score (nSPS) is 16.6. The van der Waals surface area contributed by atoms with E-state index in [1.807, 2.05) is 44.5 Å². The number of rotatable bonds is 4. The molecule has 3 aromatic heterocycles. The first-order valence-electron chi connectivity index (χ1n) is 14.3. The number of fused-ring (bicyclic) bond motifs is 2. The van der Waals surface area contributed by atoms with Crippen LogP contribution >= 0.6 is 15.9 Å². The van der Waals surface area contributed by atoms with Gasteiger partial charge >= 0.3 is 6.09 Å². The third-order valence-corrected chi connectivity index (χ3v) is 8.90. The fraction of sp³-hybridized carbons (Fsp3) is 0.467. The van der Waals surface area contributed by atoms with Gasteiger partial charge in [-0.05, 0) is 86.3 Å². The number of benzene rings is 1. The Hall–Kier alpha value is -3.60. The molecule has 216 valence electrons. The van der Waals surface area contributed by atoms with E-state index in [2.05, 4.69) is 60.3 Å². The van der Waals surface area contributed by atoms with E-state index in [9.17, 15) is 9.59 Å². The molecule has 41 heavy (non-hydrogen) atoms. The van der Waals surface area contributed by atoms with Gasteiger partial charge in [0, 0.05) is 48.0 Å². The summed E-state index contributed by atoms with van der Waals surface area (Å²) in [5.74, 6) is 0.461. The molecule has 1 aliphatic carbocycles. The Morgan fingerprint density at radius 2 is 1.83 bits per heavy atom. The fourth-order valence-corrected chi connectivity index (χ4v) is 6.27. The van der Waals surface area contributed by atoms with Crippen LogP contribution in [0, 0.1) is 6.92 Å². The summed E-state index contributed by atoms with van der Waals surface area (Å²) in [5.41, 5.74) is 2.96. The van der Waals surface area contributed by atoms with E-state index in [4.69, 9.17) is 9.72 Å². The molecule has 2 aliphatic rings. The highest BCUT2D eigenvalue weighted by Crippen LogP contribution is 2.33. The molecule has 0 atom stereocenters. The second-order valence-electron chi connectivity index (χ2n) is 12.0. The maximum absolute atomic E-state index is 13.2. The highest BCUT2D eigenvalue weighted by molar-refractivity contribution is 9.10. The van der Waals surface area contributed by atoms with Gasteiger partial charge in [0.2, 0.25) is 5.95 Å². The van der Waals surface area contributed by atoms with Crippen molar-refractivity contribution in [3.63, 3.8) is 0 Å². The predicted octanol–water partition coefficient (Wildman–Crippen LogP) is 5.86. The second-order valence-corrected chi connectivity index (χ2v) is 12.8. The number of hydrogen-bond acceptors (Lipinski definition) is 7. The van der Waals surface area contributed by atoms with E-state index < -0.39 is 5.60 Å². The molecule has 1 N–H and O–H groups in total. The zero-order valence-corrected chi connectivity index (χ0v) is 25.6. The second kappa shape index (κ2) is 10.7. The monoisotopic (exact) mass is 621 g/mol. The number of nitrogens with one attached hydrogen (secondary N) is 1. The van der Waals surface area contributed by atoms with E-state index in [-0.39, 0.29) is 17.7 Å². The molecule has 1 saturated heterocycles. The van der Waals surface area contributed by atoms with Gasteiger partial charge in [-0.3, -0.25) is 14.0 Å². The van der Waals surface area contributed by atoms with E-state index in [0.29, 0.717) is 42.2 Å². The van der Waals surface area contributed by atoms with Crippen LogP contribution in [0.4, 0.5) is 16.4 Å². The zero-order chi connectivity index (χ0) is 28.9. The molecule has 1 saturated carbocycles. The summed E-state index contributed by atoms with van der Waals surface area (Å²) >= 11 is 3.51.